The Bertz CT molecular complexity index is 399. The van der Waals surface area contributed by atoms with Gasteiger partial charge in [-0.15, -0.1) is 0 Å². The van der Waals surface area contributed by atoms with Gasteiger partial charge in [0.25, 0.3) is 5.69 Å². The first-order valence-corrected chi connectivity index (χ1v) is 5.16. The zero-order valence-corrected chi connectivity index (χ0v) is 9.01. The molecule has 0 bridgehead atoms. The van der Waals surface area contributed by atoms with Crippen LogP contribution in [-0.2, 0) is 9.47 Å². The Morgan fingerprint density at radius 2 is 2.06 bits per heavy atom. The lowest BCUT2D eigenvalue weighted by atomic mass is 10.1. The molecular formula is C11H13NO4. The minimum absolute atomic E-state index is 0.107. The van der Waals surface area contributed by atoms with Gasteiger partial charge >= 0.3 is 0 Å². The van der Waals surface area contributed by atoms with Gasteiger partial charge in [-0.2, -0.15) is 0 Å². The van der Waals surface area contributed by atoms with Crippen LogP contribution in [0, 0.1) is 17.0 Å². The normalized spacial score (nSPS) is 17.3. The SMILES string of the molecule is Cc1ccc(C2OCCCO2)cc1[N+](=O)[O-]. The van der Waals surface area contributed by atoms with E-state index >= 15 is 0 Å². The van der Waals surface area contributed by atoms with Crippen molar-refractivity contribution in [1.82, 2.24) is 0 Å². The van der Waals surface area contributed by atoms with Crippen LogP contribution in [0.1, 0.15) is 23.8 Å². The molecule has 0 N–H and O–H groups in total. The van der Waals surface area contributed by atoms with E-state index in [-0.39, 0.29) is 10.6 Å². The third kappa shape index (κ3) is 2.20. The van der Waals surface area contributed by atoms with Crippen molar-refractivity contribution < 1.29 is 14.4 Å². The average molecular weight is 223 g/mol. The number of hydrogen-bond acceptors (Lipinski definition) is 4. The lowest BCUT2D eigenvalue weighted by Gasteiger charge is -2.23. The Balaban J connectivity index is 2.27. The lowest BCUT2D eigenvalue weighted by Crippen LogP contribution is -2.17. The van der Waals surface area contributed by atoms with Crippen LogP contribution in [0.15, 0.2) is 18.2 Å². The summed E-state index contributed by atoms with van der Waals surface area (Å²) < 4.78 is 10.8. The van der Waals surface area contributed by atoms with Gasteiger partial charge in [-0.3, -0.25) is 10.1 Å². The minimum Gasteiger partial charge on any atom is -0.348 e. The molecule has 0 radical (unpaired) electrons. The smallest absolute Gasteiger partial charge is 0.272 e. The summed E-state index contributed by atoms with van der Waals surface area (Å²) in [5, 5.41) is 10.8. The third-order valence-corrected chi connectivity index (χ3v) is 2.53. The first-order valence-electron chi connectivity index (χ1n) is 5.16. The van der Waals surface area contributed by atoms with Crippen LogP contribution < -0.4 is 0 Å². The van der Waals surface area contributed by atoms with Gasteiger partial charge in [-0.1, -0.05) is 12.1 Å². The Morgan fingerprint density at radius 1 is 1.38 bits per heavy atom. The fourth-order valence-electron chi connectivity index (χ4n) is 1.65. The molecule has 16 heavy (non-hydrogen) atoms. The molecule has 1 heterocycles. The zero-order chi connectivity index (χ0) is 11.5. The molecule has 1 saturated heterocycles. The number of ether oxygens (including phenoxy) is 2. The summed E-state index contributed by atoms with van der Waals surface area (Å²) in [6, 6.07) is 5.04. The van der Waals surface area contributed by atoms with Gasteiger partial charge in [-0.05, 0) is 13.3 Å². The highest BCUT2D eigenvalue weighted by atomic mass is 16.7. The molecule has 0 atom stereocenters. The number of nitrogens with zero attached hydrogens (tertiary/aromatic N) is 1. The second-order valence-corrected chi connectivity index (χ2v) is 3.73. The van der Waals surface area contributed by atoms with E-state index in [2.05, 4.69) is 0 Å². The Kier molecular flexibility index (Phi) is 3.17. The highest BCUT2D eigenvalue weighted by molar-refractivity contribution is 5.42. The summed E-state index contributed by atoms with van der Waals surface area (Å²) >= 11 is 0. The van der Waals surface area contributed by atoms with E-state index in [4.69, 9.17) is 9.47 Å². The van der Waals surface area contributed by atoms with Gasteiger partial charge < -0.3 is 9.47 Å². The zero-order valence-electron chi connectivity index (χ0n) is 9.01. The quantitative estimate of drug-likeness (QED) is 0.570. The lowest BCUT2D eigenvalue weighted by molar-refractivity contribution is -0.385. The molecule has 0 aromatic heterocycles. The van der Waals surface area contributed by atoms with E-state index in [0.717, 1.165) is 6.42 Å². The molecule has 1 aliphatic heterocycles. The standard InChI is InChI=1S/C11H13NO4/c1-8-3-4-9(7-10(8)12(13)14)11-15-5-2-6-16-11/h3-4,7,11H,2,5-6H2,1H3. The molecule has 1 fully saturated rings. The third-order valence-electron chi connectivity index (χ3n) is 2.53. The van der Waals surface area contributed by atoms with Crippen LogP contribution in [0.25, 0.3) is 0 Å². The van der Waals surface area contributed by atoms with Crippen molar-refractivity contribution in [3.63, 3.8) is 0 Å². The predicted octanol–water partition coefficient (Wildman–Crippen LogP) is 2.34. The second kappa shape index (κ2) is 4.59. The van der Waals surface area contributed by atoms with Crippen LogP contribution in [0.5, 0.6) is 0 Å². The Morgan fingerprint density at radius 3 is 2.69 bits per heavy atom. The van der Waals surface area contributed by atoms with Gasteiger partial charge in [-0.25, -0.2) is 0 Å². The van der Waals surface area contributed by atoms with Crippen molar-refractivity contribution >= 4 is 5.69 Å². The minimum atomic E-state index is -0.465. The van der Waals surface area contributed by atoms with Crippen molar-refractivity contribution in [2.24, 2.45) is 0 Å². The maximum absolute atomic E-state index is 10.8. The summed E-state index contributed by atoms with van der Waals surface area (Å²) in [5.41, 5.74) is 1.46. The first-order chi connectivity index (χ1) is 7.68. The Labute approximate surface area is 93.1 Å². The van der Waals surface area contributed by atoms with Crippen LogP contribution >= 0.6 is 0 Å². The molecular weight excluding hydrogens is 210 g/mol. The van der Waals surface area contributed by atoms with E-state index < -0.39 is 6.29 Å². The summed E-state index contributed by atoms with van der Waals surface area (Å²) in [6.45, 7) is 2.98. The Hall–Kier alpha value is -1.46. The van der Waals surface area contributed by atoms with Crippen molar-refractivity contribution in [3.8, 4) is 0 Å². The number of aryl methyl sites for hydroxylation is 1. The molecule has 1 aromatic carbocycles. The summed E-state index contributed by atoms with van der Waals surface area (Å²) in [4.78, 5) is 10.4. The maximum Gasteiger partial charge on any atom is 0.272 e. The first kappa shape index (κ1) is 11.0. The van der Waals surface area contributed by atoms with Crippen LogP contribution in [-0.4, -0.2) is 18.1 Å². The topological polar surface area (TPSA) is 61.6 Å². The summed E-state index contributed by atoms with van der Waals surface area (Å²) in [7, 11) is 0. The summed E-state index contributed by atoms with van der Waals surface area (Å²) in [5.74, 6) is 0. The largest absolute Gasteiger partial charge is 0.348 e. The van der Waals surface area contributed by atoms with Gasteiger partial charge in [0.05, 0.1) is 18.1 Å². The van der Waals surface area contributed by atoms with Gasteiger partial charge in [0.1, 0.15) is 0 Å². The highest BCUT2D eigenvalue weighted by Crippen LogP contribution is 2.27. The van der Waals surface area contributed by atoms with E-state index in [0.29, 0.717) is 24.3 Å². The number of nitro benzene ring substituents is 1. The number of hydrogen-bond donors (Lipinski definition) is 0. The molecule has 2 rings (SSSR count). The van der Waals surface area contributed by atoms with Gasteiger partial charge in [0.15, 0.2) is 6.29 Å². The van der Waals surface area contributed by atoms with Crippen molar-refractivity contribution in [1.29, 1.82) is 0 Å². The maximum atomic E-state index is 10.8. The number of benzene rings is 1. The fourth-order valence-corrected chi connectivity index (χ4v) is 1.65. The number of rotatable bonds is 2. The number of nitro groups is 1. The molecule has 1 aromatic rings. The molecule has 86 valence electrons. The van der Waals surface area contributed by atoms with Crippen LogP contribution in [0.2, 0.25) is 0 Å². The molecule has 1 aliphatic rings. The van der Waals surface area contributed by atoms with Crippen molar-refractivity contribution in [3.05, 3.63) is 39.4 Å². The molecule has 0 saturated carbocycles. The predicted molar refractivity (Wildman–Crippen MR) is 57.1 cm³/mol. The van der Waals surface area contributed by atoms with E-state index in [1.54, 1.807) is 19.1 Å². The second-order valence-electron chi connectivity index (χ2n) is 3.73. The van der Waals surface area contributed by atoms with E-state index in [9.17, 15) is 10.1 Å². The molecule has 0 amide bonds. The average Bonchev–Trinajstić information content (AvgIpc) is 2.30. The molecule has 5 heteroatoms. The van der Waals surface area contributed by atoms with Crippen LogP contribution in [0.4, 0.5) is 5.69 Å². The molecule has 5 nitrogen and oxygen atoms in total. The van der Waals surface area contributed by atoms with E-state index in [1.807, 2.05) is 0 Å². The van der Waals surface area contributed by atoms with Crippen LogP contribution in [0.3, 0.4) is 0 Å². The fraction of sp³-hybridized carbons (Fsp3) is 0.455. The van der Waals surface area contributed by atoms with Gasteiger partial charge in [0.2, 0.25) is 0 Å². The summed E-state index contributed by atoms with van der Waals surface area (Å²) in [6.07, 6.45) is 0.401. The molecule has 0 aliphatic carbocycles. The molecule has 0 spiro atoms. The van der Waals surface area contributed by atoms with Gasteiger partial charge in [0, 0.05) is 17.2 Å². The van der Waals surface area contributed by atoms with E-state index in [1.165, 1.54) is 6.07 Å². The van der Waals surface area contributed by atoms with Crippen molar-refractivity contribution in [2.45, 2.75) is 19.6 Å². The molecule has 0 unspecified atom stereocenters. The van der Waals surface area contributed by atoms with Crippen molar-refractivity contribution in [2.75, 3.05) is 13.2 Å². The highest BCUT2D eigenvalue weighted by Gasteiger charge is 2.20. The monoisotopic (exact) mass is 223 g/mol.